The van der Waals surface area contributed by atoms with E-state index in [1.165, 1.54) is 45.4 Å². The molecule has 2 rings (SSSR count). The van der Waals surface area contributed by atoms with E-state index < -0.39 is 0 Å². The normalized spacial score (nSPS) is 27.2. The largest absolute Gasteiger partial charge is 0.301 e. The topological polar surface area (TPSA) is 6.48 Å². The average molecular weight is 210 g/mol. The second-order valence-electron chi connectivity index (χ2n) is 5.74. The van der Waals surface area contributed by atoms with Gasteiger partial charge in [-0.25, -0.2) is 0 Å². The molecule has 2 heterocycles. The van der Waals surface area contributed by atoms with Crippen molar-refractivity contribution in [3.63, 3.8) is 0 Å². The molecule has 2 aliphatic heterocycles. The summed E-state index contributed by atoms with van der Waals surface area (Å²) in [5, 5.41) is 0. The van der Waals surface area contributed by atoms with Crippen LogP contribution in [0.2, 0.25) is 0 Å². The first-order valence-corrected chi connectivity index (χ1v) is 6.65. The molecule has 15 heavy (non-hydrogen) atoms. The van der Waals surface area contributed by atoms with Crippen molar-refractivity contribution in [2.24, 2.45) is 5.92 Å². The molecule has 0 bridgehead atoms. The second-order valence-corrected chi connectivity index (χ2v) is 5.74. The molecule has 2 heteroatoms. The first-order valence-electron chi connectivity index (χ1n) is 6.65. The molecular weight excluding hydrogens is 184 g/mol. The van der Waals surface area contributed by atoms with E-state index in [-0.39, 0.29) is 0 Å². The maximum atomic E-state index is 2.68. The van der Waals surface area contributed by atoms with Crippen molar-refractivity contribution in [1.29, 1.82) is 0 Å². The maximum Gasteiger partial charge on any atom is 0.00705 e. The van der Waals surface area contributed by atoms with Gasteiger partial charge in [0.1, 0.15) is 0 Å². The van der Waals surface area contributed by atoms with E-state index in [4.69, 9.17) is 0 Å². The van der Waals surface area contributed by atoms with E-state index in [2.05, 4.69) is 30.6 Å². The summed E-state index contributed by atoms with van der Waals surface area (Å²) in [6, 6.07) is 1.58. The summed E-state index contributed by atoms with van der Waals surface area (Å²) in [5.74, 6) is 0.975. The van der Waals surface area contributed by atoms with Gasteiger partial charge in [-0.2, -0.15) is 0 Å². The Morgan fingerprint density at radius 2 is 1.60 bits per heavy atom. The van der Waals surface area contributed by atoms with Crippen molar-refractivity contribution in [1.82, 2.24) is 9.80 Å². The van der Waals surface area contributed by atoms with Crippen LogP contribution in [-0.2, 0) is 0 Å². The molecule has 0 amide bonds. The smallest absolute Gasteiger partial charge is 0.00705 e. The Morgan fingerprint density at radius 3 is 2.13 bits per heavy atom. The van der Waals surface area contributed by atoms with E-state index in [1.807, 2.05) is 0 Å². The summed E-state index contributed by atoms with van der Waals surface area (Å²) in [4.78, 5) is 5.26. The Kier molecular flexibility index (Phi) is 3.68. The number of hydrogen-bond donors (Lipinski definition) is 0. The highest BCUT2D eigenvalue weighted by molar-refractivity contribution is 4.85. The molecule has 1 atom stereocenters. The summed E-state index contributed by atoms with van der Waals surface area (Å²) in [6.45, 7) is 12.4. The maximum absolute atomic E-state index is 2.68. The van der Waals surface area contributed by atoms with E-state index in [1.54, 1.807) is 0 Å². The molecule has 2 nitrogen and oxygen atoms in total. The molecule has 2 aliphatic rings. The molecule has 1 unspecified atom stereocenters. The minimum Gasteiger partial charge on any atom is -0.301 e. The van der Waals surface area contributed by atoms with Crippen LogP contribution in [0.25, 0.3) is 0 Å². The van der Waals surface area contributed by atoms with Gasteiger partial charge in [-0.05, 0) is 59.0 Å². The van der Waals surface area contributed by atoms with Gasteiger partial charge < -0.3 is 9.80 Å². The predicted octanol–water partition coefficient (Wildman–Crippen LogP) is 2.20. The molecular formula is C13H26N2. The molecule has 2 fully saturated rings. The monoisotopic (exact) mass is 210 g/mol. The van der Waals surface area contributed by atoms with Gasteiger partial charge in [0.2, 0.25) is 0 Å². The van der Waals surface area contributed by atoms with Crippen LogP contribution in [0.1, 0.15) is 40.0 Å². The van der Waals surface area contributed by atoms with Crippen molar-refractivity contribution in [2.45, 2.75) is 52.1 Å². The van der Waals surface area contributed by atoms with Crippen molar-refractivity contribution in [3.8, 4) is 0 Å². The third kappa shape index (κ3) is 2.73. The summed E-state index contributed by atoms with van der Waals surface area (Å²) in [7, 11) is 0. The van der Waals surface area contributed by atoms with Gasteiger partial charge in [0.25, 0.3) is 0 Å². The SMILES string of the molecule is CC(C)N1CC(CC(C)N2CCCC2)C1. The van der Waals surface area contributed by atoms with Crippen LogP contribution in [-0.4, -0.2) is 48.1 Å². The minimum atomic E-state index is 0.753. The standard InChI is InChI=1S/C13H26N2/c1-11(2)15-9-13(10-15)8-12(3)14-6-4-5-7-14/h11-13H,4-10H2,1-3H3. The third-order valence-electron chi connectivity index (χ3n) is 4.15. The lowest BCUT2D eigenvalue weighted by Gasteiger charge is -2.44. The van der Waals surface area contributed by atoms with Gasteiger partial charge in [-0.1, -0.05) is 0 Å². The van der Waals surface area contributed by atoms with Crippen molar-refractivity contribution in [2.75, 3.05) is 26.2 Å². The highest BCUT2D eigenvalue weighted by Gasteiger charge is 2.31. The molecule has 2 saturated heterocycles. The molecule has 0 aliphatic carbocycles. The summed E-state index contributed by atoms with van der Waals surface area (Å²) >= 11 is 0. The highest BCUT2D eigenvalue weighted by atomic mass is 15.2. The van der Waals surface area contributed by atoms with Crippen LogP contribution in [0, 0.1) is 5.92 Å². The molecule has 0 aromatic heterocycles. The van der Waals surface area contributed by atoms with Crippen molar-refractivity contribution in [3.05, 3.63) is 0 Å². The van der Waals surface area contributed by atoms with Crippen LogP contribution < -0.4 is 0 Å². The quantitative estimate of drug-likeness (QED) is 0.702. The second kappa shape index (κ2) is 4.84. The average Bonchev–Trinajstić information content (AvgIpc) is 2.61. The van der Waals surface area contributed by atoms with Crippen LogP contribution >= 0.6 is 0 Å². The lowest BCUT2D eigenvalue weighted by atomic mass is 9.91. The molecule has 0 aromatic rings. The Labute approximate surface area is 94.6 Å². The number of rotatable bonds is 4. The fourth-order valence-electron chi connectivity index (χ4n) is 2.99. The zero-order valence-corrected chi connectivity index (χ0v) is 10.6. The fraction of sp³-hybridized carbons (Fsp3) is 1.00. The van der Waals surface area contributed by atoms with Crippen molar-refractivity contribution >= 4 is 0 Å². The predicted molar refractivity (Wildman–Crippen MR) is 65.1 cm³/mol. The minimum absolute atomic E-state index is 0.753. The lowest BCUT2D eigenvalue weighted by Crippen LogP contribution is -2.51. The first-order chi connectivity index (χ1) is 7.16. The van der Waals surface area contributed by atoms with Crippen molar-refractivity contribution < 1.29 is 0 Å². The van der Waals surface area contributed by atoms with Gasteiger partial charge in [-0.15, -0.1) is 0 Å². The van der Waals surface area contributed by atoms with Gasteiger partial charge in [0, 0.05) is 25.2 Å². The van der Waals surface area contributed by atoms with Crippen LogP contribution in [0.3, 0.4) is 0 Å². The first kappa shape index (κ1) is 11.4. The highest BCUT2D eigenvalue weighted by Crippen LogP contribution is 2.25. The van der Waals surface area contributed by atoms with Gasteiger partial charge in [0.15, 0.2) is 0 Å². The molecule has 0 spiro atoms. The Balaban J connectivity index is 1.66. The number of nitrogens with zero attached hydrogens (tertiary/aromatic N) is 2. The molecule has 0 aromatic carbocycles. The van der Waals surface area contributed by atoms with Gasteiger partial charge >= 0.3 is 0 Å². The number of likely N-dealkylation sites (tertiary alicyclic amines) is 2. The molecule has 0 radical (unpaired) electrons. The summed E-state index contributed by atoms with van der Waals surface area (Å²) in [6.07, 6.45) is 4.27. The summed E-state index contributed by atoms with van der Waals surface area (Å²) < 4.78 is 0. The molecule has 0 saturated carbocycles. The molecule has 88 valence electrons. The third-order valence-corrected chi connectivity index (χ3v) is 4.15. The lowest BCUT2D eigenvalue weighted by molar-refractivity contribution is 0.0461. The fourth-order valence-corrected chi connectivity index (χ4v) is 2.99. The number of hydrogen-bond acceptors (Lipinski definition) is 2. The van der Waals surface area contributed by atoms with E-state index in [0.717, 1.165) is 18.0 Å². The van der Waals surface area contributed by atoms with E-state index >= 15 is 0 Å². The van der Waals surface area contributed by atoms with Gasteiger partial charge in [0.05, 0.1) is 0 Å². The van der Waals surface area contributed by atoms with E-state index in [9.17, 15) is 0 Å². The zero-order valence-electron chi connectivity index (χ0n) is 10.6. The van der Waals surface area contributed by atoms with Crippen LogP contribution in [0.4, 0.5) is 0 Å². The van der Waals surface area contributed by atoms with E-state index in [0.29, 0.717) is 0 Å². The summed E-state index contributed by atoms with van der Waals surface area (Å²) in [5.41, 5.74) is 0. The zero-order chi connectivity index (χ0) is 10.8. The Morgan fingerprint density at radius 1 is 1.00 bits per heavy atom. The van der Waals surface area contributed by atoms with Crippen LogP contribution in [0.5, 0.6) is 0 Å². The Hall–Kier alpha value is -0.0800. The van der Waals surface area contributed by atoms with Gasteiger partial charge in [-0.3, -0.25) is 0 Å². The molecule has 0 N–H and O–H groups in total. The van der Waals surface area contributed by atoms with Crippen LogP contribution in [0.15, 0.2) is 0 Å². The Bertz CT molecular complexity index is 191.